The van der Waals surface area contributed by atoms with E-state index in [1.165, 1.54) is 18.2 Å². The fourth-order valence-electron chi connectivity index (χ4n) is 2.34. The Hall–Kier alpha value is -2.04. The molecule has 5 heteroatoms. The van der Waals surface area contributed by atoms with Gasteiger partial charge in [-0.1, -0.05) is 19.9 Å². The van der Waals surface area contributed by atoms with Gasteiger partial charge in [0, 0.05) is 13.0 Å². The van der Waals surface area contributed by atoms with Gasteiger partial charge in [-0.05, 0) is 37.3 Å². The number of rotatable bonds is 7. The van der Waals surface area contributed by atoms with Crippen LogP contribution >= 0.6 is 0 Å². The van der Waals surface area contributed by atoms with E-state index >= 15 is 0 Å². The standard InChI is InChI=1S/C16H23NO4/c1-11(18)10-16(2,3)8-5-9-17-15(21)12-6-4-7-13(19)14(12)20/h4,6-7,19-20H,5,8-10H2,1-3H3,(H,17,21). The highest BCUT2D eigenvalue weighted by Gasteiger charge is 2.20. The molecule has 0 heterocycles. The summed E-state index contributed by atoms with van der Waals surface area (Å²) >= 11 is 0. The molecule has 0 spiro atoms. The van der Waals surface area contributed by atoms with Crippen LogP contribution in [0, 0.1) is 5.41 Å². The van der Waals surface area contributed by atoms with Gasteiger partial charge in [0.05, 0.1) is 5.56 Å². The van der Waals surface area contributed by atoms with E-state index in [0.29, 0.717) is 13.0 Å². The first-order valence-electron chi connectivity index (χ1n) is 7.01. The summed E-state index contributed by atoms with van der Waals surface area (Å²) in [5.41, 5.74) is -0.0259. The van der Waals surface area contributed by atoms with Gasteiger partial charge in [0.2, 0.25) is 0 Å². The molecule has 5 nitrogen and oxygen atoms in total. The highest BCUT2D eigenvalue weighted by atomic mass is 16.3. The van der Waals surface area contributed by atoms with E-state index in [4.69, 9.17) is 0 Å². The van der Waals surface area contributed by atoms with E-state index in [9.17, 15) is 19.8 Å². The van der Waals surface area contributed by atoms with Crippen molar-refractivity contribution in [3.63, 3.8) is 0 Å². The molecular weight excluding hydrogens is 270 g/mol. The van der Waals surface area contributed by atoms with Crippen LogP contribution < -0.4 is 5.32 Å². The van der Waals surface area contributed by atoms with Gasteiger partial charge in [-0.25, -0.2) is 0 Å². The third-order valence-corrected chi connectivity index (χ3v) is 3.30. The fourth-order valence-corrected chi connectivity index (χ4v) is 2.34. The maximum atomic E-state index is 11.9. The predicted molar refractivity (Wildman–Crippen MR) is 80.4 cm³/mol. The van der Waals surface area contributed by atoms with Gasteiger partial charge in [-0.15, -0.1) is 0 Å². The molecule has 1 amide bonds. The molecule has 0 unspecified atom stereocenters. The average Bonchev–Trinajstić information content (AvgIpc) is 2.36. The third-order valence-electron chi connectivity index (χ3n) is 3.30. The molecule has 0 saturated heterocycles. The minimum atomic E-state index is -0.423. The molecule has 0 fully saturated rings. The first-order valence-corrected chi connectivity index (χ1v) is 7.01. The van der Waals surface area contributed by atoms with Crippen LogP contribution in [-0.2, 0) is 4.79 Å². The van der Waals surface area contributed by atoms with Crippen molar-refractivity contribution in [1.82, 2.24) is 5.32 Å². The number of aromatic hydroxyl groups is 2. The molecule has 1 rings (SSSR count). The zero-order valence-corrected chi connectivity index (χ0v) is 12.8. The molecule has 0 radical (unpaired) electrons. The first-order chi connectivity index (χ1) is 9.73. The van der Waals surface area contributed by atoms with Crippen molar-refractivity contribution in [1.29, 1.82) is 0 Å². The SMILES string of the molecule is CC(=O)CC(C)(C)CCCNC(=O)c1cccc(O)c1O. The van der Waals surface area contributed by atoms with E-state index in [1.54, 1.807) is 6.92 Å². The van der Waals surface area contributed by atoms with Gasteiger partial charge < -0.3 is 20.3 Å². The Morgan fingerprint density at radius 1 is 1.24 bits per heavy atom. The second-order valence-corrected chi connectivity index (χ2v) is 6.08. The molecule has 116 valence electrons. The molecule has 1 aromatic rings. The fraction of sp³-hybridized carbons (Fsp3) is 0.500. The number of carbonyl (C=O) groups excluding carboxylic acids is 2. The molecule has 0 aliphatic heterocycles. The summed E-state index contributed by atoms with van der Waals surface area (Å²) in [5.74, 6) is -0.987. The Balaban J connectivity index is 2.44. The number of amides is 1. The summed E-state index contributed by atoms with van der Waals surface area (Å²) < 4.78 is 0. The third kappa shape index (κ3) is 5.45. The molecule has 0 atom stereocenters. The second-order valence-electron chi connectivity index (χ2n) is 6.08. The molecule has 0 saturated carbocycles. The first kappa shape index (κ1) is 17.0. The lowest BCUT2D eigenvalue weighted by atomic mass is 9.83. The van der Waals surface area contributed by atoms with Crippen molar-refractivity contribution in [2.75, 3.05) is 6.54 Å². The number of nitrogens with one attached hydrogen (secondary N) is 1. The zero-order valence-electron chi connectivity index (χ0n) is 12.8. The maximum Gasteiger partial charge on any atom is 0.255 e. The van der Waals surface area contributed by atoms with Crippen LogP contribution in [0.25, 0.3) is 0 Å². The van der Waals surface area contributed by atoms with Gasteiger partial charge >= 0.3 is 0 Å². The molecule has 21 heavy (non-hydrogen) atoms. The topological polar surface area (TPSA) is 86.6 Å². The van der Waals surface area contributed by atoms with E-state index in [-0.39, 0.29) is 22.5 Å². The highest BCUT2D eigenvalue weighted by molar-refractivity contribution is 5.97. The summed E-state index contributed by atoms with van der Waals surface area (Å²) in [6, 6.07) is 4.26. The van der Waals surface area contributed by atoms with Crippen LogP contribution in [0.5, 0.6) is 11.5 Å². The summed E-state index contributed by atoms with van der Waals surface area (Å²) in [6.45, 7) is 6.08. The summed E-state index contributed by atoms with van der Waals surface area (Å²) in [7, 11) is 0. The molecule has 3 N–H and O–H groups in total. The predicted octanol–water partition coefficient (Wildman–Crippen LogP) is 2.61. The Labute approximate surface area is 125 Å². The molecular formula is C16H23NO4. The van der Waals surface area contributed by atoms with Gasteiger partial charge in [0.1, 0.15) is 5.78 Å². The van der Waals surface area contributed by atoms with Crippen LogP contribution in [0.1, 0.15) is 50.4 Å². The second kappa shape index (κ2) is 7.11. The number of phenols is 2. The summed E-state index contributed by atoms with van der Waals surface area (Å²) in [6.07, 6.45) is 2.08. The van der Waals surface area contributed by atoms with Crippen molar-refractivity contribution in [3.05, 3.63) is 23.8 Å². The number of benzene rings is 1. The number of hydrogen-bond acceptors (Lipinski definition) is 4. The largest absolute Gasteiger partial charge is 0.504 e. The lowest BCUT2D eigenvalue weighted by Crippen LogP contribution is -2.26. The molecule has 1 aromatic carbocycles. The van der Waals surface area contributed by atoms with Gasteiger partial charge in [-0.3, -0.25) is 4.79 Å². The normalized spacial score (nSPS) is 11.2. The lowest BCUT2D eigenvalue weighted by Gasteiger charge is -2.23. The Morgan fingerprint density at radius 2 is 1.90 bits per heavy atom. The van der Waals surface area contributed by atoms with Crippen molar-refractivity contribution < 1.29 is 19.8 Å². The van der Waals surface area contributed by atoms with Crippen molar-refractivity contribution in [2.24, 2.45) is 5.41 Å². The number of Topliss-reactive ketones (excluding diaryl/α,β-unsaturated/α-hetero) is 1. The van der Waals surface area contributed by atoms with Crippen LogP contribution in [0.4, 0.5) is 0 Å². The van der Waals surface area contributed by atoms with Crippen molar-refractivity contribution in [3.8, 4) is 11.5 Å². The number of para-hydroxylation sites is 1. The number of ketones is 1. The average molecular weight is 293 g/mol. The smallest absolute Gasteiger partial charge is 0.255 e. The Kier molecular flexibility index (Phi) is 5.76. The molecule has 0 aliphatic rings. The monoisotopic (exact) mass is 293 g/mol. The Morgan fingerprint density at radius 3 is 2.52 bits per heavy atom. The Bertz CT molecular complexity index is 523. The lowest BCUT2D eigenvalue weighted by molar-refractivity contribution is -0.118. The molecule has 0 aliphatic carbocycles. The van der Waals surface area contributed by atoms with Crippen LogP contribution in [-0.4, -0.2) is 28.4 Å². The van der Waals surface area contributed by atoms with Gasteiger partial charge in [-0.2, -0.15) is 0 Å². The quantitative estimate of drug-likeness (QED) is 0.533. The number of carbonyl (C=O) groups is 2. The van der Waals surface area contributed by atoms with Gasteiger partial charge in [0.25, 0.3) is 5.91 Å². The van der Waals surface area contributed by atoms with Crippen LogP contribution in [0.3, 0.4) is 0 Å². The van der Waals surface area contributed by atoms with E-state index in [1.807, 2.05) is 13.8 Å². The minimum Gasteiger partial charge on any atom is -0.504 e. The van der Waals surface area contributed by atoms with Crippen LogP contribution in [0.15, 0.2) is 18.2 Å². The molecule has 0 aromatic heterocycles. The number of hydrogen-bond donors (Lipinski definition) is 3. The van der Waals surface area contributed by atoms with Crippen LogP contribution in [0.2, 0.25) is 0 Å². The van der Waals surface area contributed by atoms with Crippen molar-refractivity contribution in [2.45, 2.75) is 40.0 Å². The molecule has 0 bridgehead atoms. The van der Waals surface area contributed by atoms with Crippen molar-refractivity contribution >= 4 is 11.7 Å². The summed E-state index contributed by atoms with van der Waals surface area (Å²) in [4.78, 5) is 23.0. The highest BCUT2D eigenvalue weighted by Crippen LogP contribution is 2.28. The van der Waals surface area contributed by atoms with E-state index in [2.05, 4.69) is 5.32 Å². The van der Waals surface area contributed by atoms with E-state index in [0.717, 1.165) is 12.8 Å². The van der Waals surface area contributed by atoms with E-state index < -0.39 is 11.7 Å². The zero-order chi connectivity index (χ0) is 16.0. The summed E-state index contributed by atoms with van der Waals surface area (Å²) in [5, 5.41) is 21.7. The minimum absolute atomic E-state index is 0.0537. The van der Waals surface area contributed by atoms with Gasteiger partial charge in [0.15, 0.2) is 11.5 Å². The maximum absolute atomic E-state index is 11.9. The number of phenolic OH excluding ortho intramolecular Hbond substituents is 2.